The van der Waals surface area contributed by atoms with Crippen LogP contribution in [-0.2, 0) is 11.3 Å². The Kier molecular flexibility index (Phi) is 15.5. The lowest BCUT2D eigenvalue weighted by atomic mass is 9.93. The summed E-state index contributed by atoms with van der Waals surface area (Å²) in [5, 5.41) is 16.6. The molecular weight excluding hydrogens is 546 g/mol. The third kappa shape index (κ3) is 10.2. The van der Waals surface area contributed by atoms with Crippen LogP contribution in [0.3, 0.4) is 0 Å². The second-order valence-electron chi connectivity index (χ2n) is 10.7. The maximum Gasteiger partial charge on any atom is 0.323 e. The third-order valence-corrected chi connectivity index (χ3v) is 8.08. The number of nitroso groups, excluding NO2 is 1. The Balaban J connectivity index is 0.00000211. The zero-order valence-electron chi connectivity index (χ0n) is 25.3. The van der Waals surface area contributed by atoms with Gasteiger partial charge in [0.25, 0.3) is 0 Å². The molecule has 1 saturated heterocycles. The maximum atomic E-state index is 13.3. The average Bonchev–Trinajstić information content (AvgIpc) is 3.01. The number of rotatable bonds is 10. The van der Waals surface area contributed by atoms with Gasteiger partial charge >= 0.3 is 12.0 Å². The predicted molar refractivity (Wildman–Crippen MR) is 174 cm³/mol. The topological polar surface area (TPSA) is 115 Å². The van der Waals surface area contributed by atoms with Crippen molar-refractivity contribution in [1.82, 2.24) is 10.2 Å². The zero-order chi connectivity index (χ0) is 30.3. The lowest BCUT2D eigenvalue weighted by molar-refractivity contribution is -0.135. The summed E-state index contributed by atoms with van der Waals surface area (Å²) in [4.78, 5) is 40.8. The number of carboxylic acid groups (broad SMARTS) is 1. The standard InChI is InChI=1S/C30H41N5O5.C2H6.CH4/c1-40-26-15-13-23(14-16-26)22-34(30(38)31-21-29(36)37)27-11-7-8-12-28(27)35(32-39)25-17-19-33(20-18-25)24-9-5-3-2-4-6-10-24;1-2;/h7-8,11-16,24-25H,2-6,9-10,17-22H2,1H3,(H,31,38)(H,36,37);1-2H3;1H4. The Morgan fingerprint density at radius 1 is 0.930 bits per heavy atom. The highest BCUT2D eigenvalue weighted by Crippen LogP contribution is 2.35. The van der Waals surface area contributed by atoms with Crippen molar-refractivity contribution in [3.05, 3.63) is 59.0 Å². The lowest BCUT2D eigenvalue weighted by Gasteiger charge is -2.40. The van der Waals surface area contributed by atoms with Gasteiger partial charge in [-0.1, -0.05) is 77.6 Å². The van der Waals surface area contributed by atoms with Crippen molar-refractivity contribution in [3.63, 3.8) is 0 Å². The van der Waals surface area contributed by atoms with Gasteiger partial charge in [-0.05, 0) is 55.5 Å². The van der Waals surface area contributed by atoms with E-state index in [4.69, 9.17) is 9.84 Å². The maximum absolute atomic E-state index is 13.3. The van der Waals surface area contributed by atoms with Crippen LogP contribution in [0, 0.1) is 4.91 Å². The summed E-state index contributed by atoms with van der Waals surface area (Å²) in [6, 6.07) is 14.4. The molecule has 1 saturated carbocycles. The van der Waals surface area contributed by atoms with Gasteiger partial charge in [0, 0.05) is 19.1 Å². The molecule has 1 heterocycles. The van der Waals surface area contributed by atoms with Gasteiger partial charge in [0.1, 0.15) is 12.3 Å². The summed E-state index contributed by atoms with van der Waals surface area (Å²) in [5.41, 5.74) is 1.84. The van der Waals surface area contributed by atoms with E-state index in [1.807, 2.05) is 32.0 Å². The number of ether oxygens (including phenoxy) is 1. The van der Waals surface area contributed by atoms with E-state index in [0.29, 0.717) is 23.2 Å². The number of hydrogen-bond acceptors (Lipinski definition) is 6. The van der Waals surface area contributed by atoms with Crippen LogP contribution in [0.1, 0.15) is 84.6 Å². The van der Waals surface area contributed by atoms with E-state index in [1.165, 1.54) is 54.9 Å². The SMILES string of the molecule is C.CC.COc1ccc(CN(C(=O)NCC(=O)O)c2ccccc2N(N=O)C2CCN(C3CCCCCCC3)CC2)cc1. The first kappa shape index (κ1) is 35.5. The second-order valence-corrected chi connectivity index (χ2v) is 10.7. The molecule has 1 aliphatic carbocycles. The fourth-order valence-electron chi connectivity index (χ4n) is 5.92. The molecule has 0 aromatic heterocycles. The summed E-state index contributed by atoms with van der Waals surface area (Å²) < 4.78 is 5.25. The van der Waals surface area contributed by atoms with Crippen LogP contribution in [0.5, 0.6) is 5.75 Å². The molecule has 2 aromatic rings. The van der Waals surface area contributed by atoms with Crippen LogP contribution in [-0.4, -0.2) is 60.8 Å². The van der Waals surface area contributed by atoms with Gasteiger partial charge in [0.2, 0.25) is 0 Å². The van der Waals surface area contributed by atoms with Gasteiger partial charge in [-0.2, -0.15) is 0 Å². The molecule has 2 fully saturated rings. The number of hydrogen-bond donors (Lipinski definition) is 2. The van der Waals surface area contributed by atoms with Gasteiger partial charge in [-0.25, -0.2) is 9.80 Å². The van der Waals surface area contributed by atoms with Gasteiger partial charge in [-0.3, -0.25) is 9.69 Å². The summed E-state index contributed by atoms with van der Waals surface area (Å²) in [7, 11) is 1.58. The first-order valence-electron chi connectivity index (χ1n) is 15.4. The number of para-hydroxylation sites is 2. The Labute approximate surface area is 257 Å². The quantitative estimate of drug-likeness (QED) is 0.219. The highest BCUT2D eigenvalue weighted by atomic mass is 16.5. The molecule has 238 valence electrons. The van der Waals surface area contributed by atoms with Crippen LogP contribution < -0.4 is 20.0 Å². The molecule has 10 nitrogen and oxygen atoms in total. The molecule has 0 radical (unpaired) electrons. The van der Waals surface area contributed by atoms with Crippen molar-refractivity contribution in [2.75, 3.05) is 36.7 Å². The Morgan fingerprint density at radius 2 is 1.51 bits per heavy atom. The van der Waals surface area contributed by atoms with Crippen LogP contribution >= 0.6 is 0 Å². The van der Waals surface area contributed by atoms with Crippen LogP contribution in [0.2, 0.25) is 0 Å². The van der Waals surface area contributed by atoms with E-state index in [1.54, 1.807) is 37.4 Å². The Bertz CT molecular complexity index is 1110. The fraction of sp³-hybridized carbons (Fsp3) is 0.576. The number of methoxy groups -OCH3 is 1. The summed E-state index contributed by atoms with van der Waals surface area (Å²) in [5.74, 6) is -0.452. The van der Waals surface area contributed by atoms with E-state index in [2.05, 4.69) is 15.5 Å². The van der Waals surface area contributed by atoms with Crippen LogP contribution in [0.15, 0.2) is 53.8 Å². The van der Waals surface area contributed by atoms with Gasteiger partial charge in [-0.15, -0.1) is 4.91 Å². The fourth-order valence-corrected chi connectivity index (χ4v) is 5.92. The number of carbonyl (C=O) groups is 2. The summed E-state index contributed by atoms with van der Waals surface area (Å²) >= 11 is 0. The molecule has 0 spiro atoms. The summed E-state index contributed by atoms with van der Waals surface area (Å²) in [6.45, 7) is 5.48. The summed E-state index contributed by atoms with van der Waals surface area (Å²) in [6.07, 6.45) is 10.7. The van der Waals surface area contributed by atoms with Crippen molar-refractivity contribution in [2.24, 2.45) is 5.29 Å². The van der Waals surface area contributed by atoms with Gasteiger partial charge in [0.15, 0.2) is 0 Å². The second kappa shape index (κ2) is 18.8. The molecule has 2 aromatic carbocycles. The number of carboxylic acids is 1. The number of carbonyl (C=O) groups excluding carboxylic acids is 1. The number of nitrogens with zero attached hydrogens (tertiary/aromatic N) is 4. The third-order valence-electron chi connectivity index (χ3n) is 8.08. The number of aliphatic carboxylic acids is 1. The molecule has 43 heavy (non-hydrogen) atoms. The Morgan fingerprint density at radius 3 is 2.07 bits per heavy atom. The van der Waals surface area contributed by atoms with E-state index in [9.17, 15) is 14.5 Å². The highest BCUT2D eigenvalue weighted by Gasteiger charge is 2.32. The van der Waals surface area contributed by atoms with Crippen molar-refractivity contribution in [2.45, 2.75) is 97.7 Å². The predicted octanol–water partition coefficient (Wildman–Crippen LogP) is 7.22. The number of piperidine rings is 1. The first-order chi connectivity index (χ1) is 20.5. The number of amides is 2. The van der Waals surface area contributed by atoms with Crippen molar-refractivity contribution >= 4 is 23.4 Å². The zero-order valence-corrected chi connectivity index (χ0v) is 25.3. The molecule has 2 aliphatic rings. The van der Waals surface area contributed by atoms with Crippen molar-refractivity contribution < 1.29 is 19.4 Å². The minimum Gasteiger partial charge on any atom is -0.497 e. The smallest absolute Gasteiger partial charge is 0.323 e. The van der Waals surface area contributed by atoms with E-state index < -0.39 is 18.5 Å². The molecule has 2 N–H and O–H groups in total. The van der Waals surface area contributed by atoms with Crippen molar-refractivity contribution in [3.8, 4) is 5.75 Å². The molecule has 0 unspecified atom stereocenters. The number of urea groups is 1. The first-order valence-corrected chi connectivity index (χ1v) is 15.4. The minimum atomic E-state index is -1.14. The minimum absolute atomic E-state index is 0. The molecule has 0 bridgehead atoms. The molecule has 0 atom stereocenters. The van der Waals surface area contributed by atoms with E-state index in [-0.39, 0.29) is 20.0 Å². The molecule has 10 heteroatoms. The molecule has 2 amide bonds. The number of likely N-dealkylation sites (tertiary alicyclic amines) is 1. The molecule has 4 rings (SSSR count). The molecular formula is C33H51N5O5. The van der Waals surface area contributed by atoms with Crippen molar-refractivity contribution in [1.29, 1.82) is 0 Å². The average molecular weight is 598 g/mol. The van der Waals surface area contributed by atoms with Gasteiger partial charge < -0.3 is 20.1 Å². The number of anilines is 2. The largest absolute Gasteiger partial charge is 0.497 e. The lowest BCUT2D eigenvalue weighted by Crippen LogP contribution is -2.47. The Hall–Kier alpha value is -3.66. The highest BCUT2D eigenvalue weighted by molar-refractivity contribution is 5.96. The van der Waals surface area contributed by atoms with Crippen LogP contribution in [0.4, 0.5) is 16.2 Å². The molecule has 1 aliphatic heterocycles. The monoisotopic (exact) mass is 597 g/mol. The van der Waals surface area contributed by atoms with Gasteiger partial charge in [0.05, 0.1) is 36.4 Å². The van der Waals surface area contributed by atoms with E-state index >= 15 is 0 Å². The normalized spacial score (nSPS) is 16.3. The number of benzene rings is 2. The number of nitrogens with one attached hydrogen (secondary N) is 1. The van der Waals surface area contributed by atoms with Crippen LogP contribution in [0.25, 0.3) is 0 Å². The van der Waals surface area contributed by atoms with E-state index in [0.717, 1.165) is 31.5 Å².